The lowest BCUT2D eigenvalue weighted by molar-refractivity contribution is 0.238. The van der Waals surface area contributed by atoms with E-state index in [1.165, 1.54) is 18.6 Å². The number of anilines is 1. The van der Waals surface area contributed by atoms with Crippen LogP contribution in [0, 0.1) is 11.6 Å². The maximum absolute atomic E-state index is 13.9. The minimum absolute atomic E-state index is 0.0798. The number of halogens is 2. The molecule has 1 atom stereocenters. The molecule has 2 aliphatic heterocycles. The van der Waals surface area contributed by atoms with Gasteiger partial charge in [-0.2, -0.15) is 0 Å². The molecule has 0 radical (unpaired) electrons. The lowest BCUT2D eigenvalue weighted by Crippen LogP contribution is -2.44. The number of rotatable bonds is 5. The highest BCUT2D eigenvalue weighted by molar-refractivity contribution is 5.74. The second kappa shape index (κ2) is 8.75. The van der Waals surface area contributed by atoms with Gasteiger partial charge in [0.1, 0.15) is 23.3 Å². The summed E-state index contributed by atoms with van der Waals surface area (Å²) in [6.07, 6.45) is 5.81. The van der Waals surface area contributed by atoms with Gasteiger partial charge in [0.25, 0.3) is 0 Å². The van der Waals surface area contributed by atoms with Gasteiger partial charge in [-0.15, -0.1) is 10.2 Å². The summed E-state index contributed by atoms with van der Waals surface area (Å²) in [7, 11) is 0. The third-order valence-electron chi connectivity index (χ3n) is 5.59. The Kier molecular flexibility index (Phi) is 5.92. The van der Waals surface area contributed by atoms with Crippen molar-refractivity contribution in [3.63, 3.8) is 0 Å². The lowest BCUT2D eigenvalue weighted by atomic mass is 10.2. The Bertz CT molecular complexity index is 871. The van der Waals surface area contributed by atoms with Crippen LogP contribution >= 0.6 is 0 Å². The average Bonchev–Trinajstić information content (AvgIpc) is 3.22. The number of nitrogens with one attached hydrogen (secondary N) is 2. The zero-order valence-electron chi connectivity index (χ0n) is 16.3. The van der Waals surface area contributed by atoms with Crippen molar-refractivity contribution in [2.24, 2.45) is 0 Å². The van der Waals surface area contributed by atoms with E-state index >= 15 is 0 Å². The number of urea groups is 1. The van der Waals surface area contributed by atoms with Crippen molar-refractivity contribution in [2.45, 2.75) is 51.1 Å². The van der Waals surface area contributed by atoms with Gasteiger partial charge in [-0.1, -0.05) is 6.42 Å². The van der Waals surface area contributed by atoms with Gasteiger partial charge in [-0.3, -0.25) is 0 Å². The van der Waals surface area contributed by atoms with E-state index in [4.69, 9.17) is 0 Å². The molecule has 9 heteroatoms. The number of aryl methyl sites for hydroxylation is 1. The largest absolute Gasteiger partial charge is 0.367 e. The van der Waals surface area contributed by atoms with E-state index in [0.29, 0.717) is 38.2 Å². The van der Waals surface area contributed by atoms with Crippen molar-refractivity contribution >= 4 is 11.7 Å². The van der Waals surface area contributed by atoms with Crippen molar-refractivity contribution < 1.29 is 13.6 Å². The first kappa shape index (κ1) is 19.6. The predicted octanol–water partition coefficient (Wildman–Crippen LogP) is 2.40. The fourth-order valence-electron chi connectivity index (χ4n) is 4.09. The van der Waals surface area contributed by atoms with Crippen LogP contribution in [0.25, 0.3) is 0 Å². The van der Waals surface area contributed by atoms with E-state index in [1.807, 2.05) is 4.90 Å². The summed E-state index contributed by atoms with van der Waals surface area (Å²) in [5.74, 6) is 0.786. The third-order valence-corrected chi connectivity index (χ3v) is 5.59. The Balaban J connectivity index is 1.23. The van der Waals surface area contributed by atoms with Crippen molar-refractivity contribution in [1.82, 2.24) is 25.4 Å². The zero-order valence-corrected chi connectivity index (χ0v) is 16.3. The molecule has 0 spiro atoms. The first-order valence-electron chi connectivity index (χ1n) is 10.3. The van der Waals surface area contributed by atoms with Crippen LogP contribution in [0.3, 0.4) is 0 Å². The molecule has 2 aliphatic rings. The fourth-order valence-corrected chi connectivity index (χ4v) is 4.09. The molecule has 1 saturated heterocycles. The van der Waals surface area contributed by atoms with Crippen LogP contribution in [0.1, 0.15) is 37.3 Å². The van der Waals surface area contributed by atoms with Gasteiger partial charge in [-0.25, -0.2) is 13.6 Å². The molecule has 156 valence electrons. The summed E-state index contributed by atoms with van der Waals surface area (Å²) < 4.78 is 29.2. The maximum atomic E-state index is 13.9. The standard InChI is InChI=1S/C20H26F2N6O/c21-14-5-6-17(16(22)12-14)27-11-8-15(13-27)24-20(29)23-9-7-19-26-25-18-4-2-1-3-10-28(18)19/h5-6,12,15H,1-4,7-11,13H2,(H2,23,24,29). The fraction of sp³-hybridized carbons (Fsp3) is 0.550. The van der Waals surface area contributed by atoms with E-state index in [-0.39, 0.29) is 12.1 Å². The first-order chi connectivity index (χ1) is 14.1. The van der Waals surface area contributed by atoms with Crippen LogP contribution in [0.4, 0.5) is 19.3 Å². The zero-order chi connectivity index (χ0) is 20.2. The number of carbonyl (C=O) groups excluding carboxylic acids is 1. The summed E-state index contributed by atoms with van der Waals surface area (Å²) in [4.78, 5) is 14.0. The van der Waals surface area contributed by atoms with Crippen LogP contribution in [-0.4, -0.2) is 46.5 Å². The molecular formula is C20H26F2N6O. The quantitative estimate of drug-likeness (QED) is 0.803. The molecule has 7 nitrogen and oxygen atoms in total. The number of aromatic nitrogens is 3. The normalized spacial score (nSPS) is 19.0. The summed E-state index contributed by atoms with van der Waals surface area (Å²) in [5.41, 5.74) is 0.364. The highest BCUT2D eigenvalue weighted by Crippen LogP contribution is 2.24. The van der Waals surface area contributed by atoms with Crippen LogP contribution in [0.2, 0.25) is 0 Å². The molecular weight excluding hydrogens is 378 g/mol. The van der Waals surface area contributed by atoms with Gasteiger partial charge in [0.2, 0.25) is 0 Å². The monoisotopic (exact) mass is 404 g/mol. The van der Waals surface area contributed by atoms with Crippen LogP contribution in [-0.2, 0) is 19.4 Å². The van der Waals surface area contributed by atoms with Crippen molar-refractivity contribution in [1.29, 1.82) is 0 Å². The molecule has 1 aromatic carbocycles. The number of hydrogen-bond donors (Lipinski definition) is 2. The molecule has 0 bridgehead atoms. The molecule has 2 amide bonds. The topological polar surface area (TPSA) is 75.1 Å². The molecule has 3 heterocycles. The molecule has 0 aliphatic carbocycles. The van der Waals surface area contributed by atoms with Crippen molar-refractivity contribution in [2.75, 3.05) is 24.5 Å². The summed E-state index contributed by atoms with van der Waals surface area (Å²) in [6, 6.07) is 3.25. The van der Waals surface area contributed by atoms with E-state index < -0.39 is 11.6 Å². The van der Waals surface area contributed by atoms with E-state index in [9.17, 15) is 13.6 Å². The molecule has 1 unspecified atom stereocenters. The Labute approximate surface area is 168 Å². The molecule has 1 aromatic heterocycles. The lowest BCUT2D eigenvalue weighted by Gasteiger charge is -2.19. The summed E-state index contributed by atoms with van der Waals surface area (Å²) in [6.45, 7) is 2.53. The minimum atomic E-state index is -0.593. The van der Waals surface area contributed by atoms with Crippen molar-refractivity contribution in [3.8, 4) is 0 Å². The van der Waals surface area contributed by atoms with E-state index in [1.54, 1.807) is 0 Å². The summed E-state index contributed by atoms with van der Waals surface area (Å²) >= 11 is 0. The van der Waals surface area contributed by atoms with Crippen molar-refractivity contribution in [3.05, 3.63) is 41.5 Å². The summed E-state index contributed by atoms with van der Waals surface area (Å²) in [5, 5.41) is 14.3. The second-order valence-corrected chi connectivity index (χ2v) is 7.67. The predicted molar refractivity (Wildman–Crippen MR) is 105 cm³/mol. The Hall–Kier alpha value is -2.71. The van der Waals surface area contributed by atoms with Gasteiger partial charge in [-0.05, 0) is 31.4 Å². The van der Waals surface area contributed by atoms with Gasteiger partial charge >= 0.3 is 6.03 Å². The molecule has 2 aromatic rings. The van der Waals surface area contributed by atoms with E-state index in [2.05, 4.69) is 25.4 Å². The molecule has 4 rings (SSSR count). The Morgan fingerprint density at radius 3 is 2.93 bits per heavy atom. The minimum Gasteiger partial charge on any atom is -0.367 e. The molecule has 29 heavy (non-hydrogen) atoms. The SMILES string of the molecule is O=C(NCCc1nnc2n1CCCCC2)NC1CCN(c2ccc(F)cc2F)C1. The third kappa shape index (κ3) is 4.65. The van der Waals surface area contributed by atoms with Crippen LogP contribution in [0.5, 0.6) is 0 Å². The van der Waals surface area contributed by atoms with Gasteiger partial charge in [0.05, 0.1) is 5.69 Å². The number of benzene rings is 1. The molecule has 0 saturated carbocycles. The number of carbonyl (C=O) groups is 1. The Morgan fingerprint density at radius 2 is 2.07 bits per heavy atom. The molecule has 2 N–H and O–H groups in total. The number of hydrogen-bond acceptors (Lipinski definition) is 4. The Morgan fingerprint density at radius 1 is 1.17 bits per heavy atom. The van der Waals surface area contributed by atoms with Crippen LogP contribution in [0.15, 0.2) is 18.2 Å². The number of nitrogens with zero attached hydrogens (tertiary/aromatic N) is 4. The van der Waals surface area contributed by atoms with Gasteiger partial charge in [0.15, 0.2) is 0 Å². The van der Waals surface area contributed by atoms with Gasteiger partial charge < -0.3 is 20.1 Å². The number of amides is 2. The van der Waals surface area contributed by atoms with E-state index in [0.717, 1.165) is 43.5 Å². The highest BCUT2D eigenvalue weighted by Gasteiger charge is 2.26. The highest BCUT2D eigenvalue weighted by atomic mass is 19.1. The van der Waals surface area contributed by atoms with Gasteiger partial charge in [0, 0.05) is 51.1 Å². The second-order valence-electron chi connectivity index (χ2n) is 7.67. The molecule has 1 fully saturated rings. The van der Waals surface area contributed by atoms with Crippen LogP contribution < -0.4 is 15.5 Å². The maximum Gasteiger partial charge on any atom is 0.315 e. The first-order valence-corrected chi connectivity index (χ1v) is 10.3. The number of fused-ring (bicyclic) bond motifs is 1. The average molecular weight is 404 g/mol. The smallest absolute Gasteiger partial charge is 0.315 e.